The van der Waals surface area contributed by atoms with E-state index >= 15 is 0 Å². The molecule has 0 saturated heterocycles. The molecule has 2 rings (SSSR count). The highest BCUT2D eigenvalue weighted by atomic mass is 35.5. The van der Waals surface area contributed by atoms with Gasteiger partial charge in [-0.15, -0.1) is 0 Å². The maximum absolute atomic E-state index is 12.9. The van der Waals surface area contributed by atoms with Crippen molar-refractivity contribution in [1.29, 1.82) is 0 Å². The summed E-state index contributed by atoms with van der Waals surface area (Å²) in [4.78, 5) is 11.2. The minimum Gasteiger partial charge on any atom is -0.295 e. The molecule has 0 aliphatic carbocycles. The molecule has 0 aromatic heterocycles. The first-order chi connectivity index (χ1) is 10.3. The Labute approximate surface area is 133 Å². The van der Waals surface area contributed by atoms with E-state index in [1.54, 1.807) is 0 Å². The van der Waals surface area contributed by atoms with Crippen molar-refractivity contribution in [1.82, 2.24) is 4.72 Å². The van der Waals surface area contributed by atoms with Gasteiger partial charge in [-0.25, -0.2) is 17.5 Å². The standard InChI is InChI=1S/C15H13ClFNO3S/c1-10(19)11-3-6-14(7-4-11)22(20,21)18-9-12-2-5-13(17)8-15(12)16/h2-8,18H,9H2,1H3. The molecular weight excluding hydrogens is 329 g/mol. The highest BCUT2D eigenvalue weighted by Gasteiger charge is 2.15. The third-order valence-electron chi connectivity index (χ3n) is 3.04. The normalized spacial score (nSPS) is 11.4. The largest absolute Gasteiger partial charge is 0.295 e. The molecule has 0 spiro atoms. The number of rotatable bonds is 5. The van der Waals surface area contributed by atoms with E-state index in [1.165, 1.54) is 43.3 Å². The lowest BCUT2D eigenvalue weighted by Gasteiger charge is -2.08. The van der Waals surface area contributed by atoms with Gasteiger partial charge in [-0.2, -0.15) is 0 Å². The number of sulfonamides is 1. The number of hydrogen-bond acceptors (Lipinski definition) is 3. The van der Waals surface area contributed by atoms with Gasteiger partial charge in [0.05, 0.1) is 4.90 Å². The number of carbonyl (C=O) groups is 1. The van der Waals surface area contributed by atoms with Crippen molar-refractivity contribution in [3.63, 3.8) is 0 Å². The molecule has 1 N–H and O–H groups in total. The monoisotopic (exact) mass is 341 g/mol. The molecule has 0 amide bonds. The van der Waals surface area contributed by atoms with Crippen LogP contribution in [0.1, 0.15) is 22.8 Å². The zero-order valence-corrected chi connectivity index (χ0v) is 13.2. The highest BCUT2D eigenvalue weighted by Crippen LogP contribution is 2.18. The molecule has 116 valence electrons. The van der Waals surface area contributed by atoms with Crippen LogP contribution >= 0.6 is 11.6 Å². The van der Waals surface area contributed by atoms with E-state index in [1.807, 2.05) is 0 Å². The average Bonchev–Trinajstić information content (AvgIpc) is 2.46. The molecule has 0 atom stereocenters. The smallest absolute Gasteiger partial charge is 0.240 e. The van der Waals surface area contributed by atoms with E-state index in [-0.39, 0.29) is 22.2 Å². The molecule has 2 aromatic rings. The summed E-state index contributed by atoms with van der Waals surface area (Å²) in [6, 6.07) is 9.34. The molecule has 0 aliphatic heterocycles. The van der Waals surface area contributed by atoms with Crippen molar-refractivity contribution in [3.05, 3.63) is 64.4 Å². The van der Waals surface area contributed by atoms with Crippen LogP contribution in [0.3, 0.4) is 0 Å². The molecule has 0 fully saturated rings. The number of benzene rings is 2. The molecule has 0 bridgehead atoms. The lowest BCUT2D eigenvalue weighted by atomic mass is 10.2. The van der Waals surface area contributed by atoms with Crippen LogP contribution in [-0.4, -0.2) is 14.2 Å². The summed E-state index contributed by atoms with van der Waals surface area (Å²) < 4.78 is 39.6. The van der Waals surface area contributed by atoms with E-state index < -0.39 is 15.8 Å². The fraction of sp³-hybridized carbons (Fsp3) is 0.133. The van der Waals surface area contributed by atoms with E-state index in [2.05, 4.69) is 4.72 Å². The van der Waals surface area contributed by atoms with Crippen LogP contribution in [0, 0.1) is 5.82 Å². The number of hydrogen-bond donors (Lipinski definition) is 1. The molecule has 0 heterocycles. The van der Waals surface area contributed by atoms with Crippen LogP contribution in [0.4, 0.5) is 4.39 Å². The second kappa shape index (κ2) is 6.56. The van der Waals surface area contributed by atoms with Crippen LogP contribution in [0.2, 0.25) is 5.02 Å². The quantitative estimate of drug-likeness (QED) is 0.850. The SMILES string of the molecule is CC(=O)c1ccc(S(=O)(=O)NCc2ccc(F)cc2Cl)cc1. The molecule has 4 nitrogen and oxygen atoms in total. The topological polar surface area (TPSA) is 63.2 Å². The van der Waals surface area contributed by atoms with E-state index in [0.29, 0.717) is 11.1 Å². The summed E-state index contributed by atoms with van der Waals surface area (Å²) in [5, 5.41) is 0.148. The van der Waals surface area contributed by atoms with Gasteiger partial charge >= 0.3 is 0 Å². The van der Waals surface area contributed by atoms with Gasteiger partial charge in [0.1, 0.15) is 5.82 Å². The fourth-order valence-electron chi connectivity index (χ4n) is 1.79. The zero-order valence-electron chi connectivity index (χ0n) is 11.6. The van der Waals surface area contributed by atoms with Gasteiger partial charge in [0.2, 0.25) is 10.0 Å². The third-order valence-corrected chi connectivity index (χ3v) is 4.81. The maximum atomic E-state index is 12.9. The van der Waals surface area contributed by atoms with Crippen LogP contribution in [0.15, 0.2) is 47.4 Å². The Morgan fingerprint density at radius 3 is 2.36 bits per heavy atom. The van der Waals surface area contributed by atoms with Crippen molar-refractivity contribution in [2.24, 2.45) is 0 Å². The third kappa shape index (κ3) is 3.91. The van der Waals surface area contributed by atoms with Gasteiger partial charge in [0.15, 0.2) is 5.78 Å². The lowest BCUT2D eigenvalue weighted by Crippen LogP contribution is -2.23. The Bertz CT molecular complexity index is 804. The van der Waals surface area contributed by atoms with Crippen molar-refractivity contribution in [3.8, 4) is 0 Å². The first-order valence-electron chi connectivity index (χ1n) is 6.34. The number of nitrogens with one attached hydrogen (secondary N) is 1. The summed E-state index contributed by atoms with van der Waals surface area (Å²) in [5.41, 5.74) is 0.896. The van der Waals surface area contributed by atoms with Crippen molar-refractivity contribution in [2.45, 2.75) is 18.4 Å². The van der Waals surface area contributed by atoms with Crippen LogP contribution in [-0.2, 0) is 16.6 Å². The van der Waals surface area contributed by atoms with Crippen LogP contribution in [0.5, 0.6) is 0 Å². The summed E-state index contributed by atoms with van der Waals surface area (Å²) in [6.45, 7) is 1.34. The number of carbonyl (C=O) groups excluding carboxylic acids is 1. The Kier molecular flexibility index (Phi) is 4.95. The maximum Gasteiger partial charge on any atom is 0.240 e. The minimum atomic E-state index is -3.74. The second-order valence-corrected chi connectivity index (χ2v) is 6.81. The van der Waals surface area contributed by atoms with E-state index in [9.17, 15) is 17.6 Å². The number of Topliss-reactive ketones (excluding diaryl/α,β-unsaturated/α-hetero) is 1. The van der Waals surface area contributed by atoms with Gasteiger partial charge < -0.3 is 0 Å². The Hall–Kier alpha value is -1.76. The Morgan fingerprint density at radius 1 is 1.18 bits per heavy atom. The van der Waals surface area contributed by atoms with Gasteiger partial charge in [-0.05, 0) is 36.8 Å². The highest BCUT2D eigenvalue weighted by molar-refractivity contribution is 7.89. The molecule has 7 heteroatoms. The Balaban J connectivity index is 2.15. The van der Waals surface area contributed by atoms with Gasteiger partial charge in [-0.1, -0.05) is 29.8 Å². The predicted molar refractivity (Wildman–Crippen MR) is 81.9 cm³/mol. The van der Waals surface area contributed by atoms with E-state index in [0.717, 1.165) is 6.07 Å². The summed E-state index contributed by atoms with van der Waals surface area (Å²) >= 11 is 5.85. The number of halogens is 2. The first kappa shape index (κ1) is 16.6. The molecule has 0 aliphatic rings. The second-order valence-electron chi connectivity index (χ2n) is 4.64. The molecule has 0 radical (unpaired) electrons. The first-order valence-corrected chi connectivity index (χ1v) is 8.20. The van der Waals surface area contributed by atoms with Crippen molar-refractivity contribution in [2.75, 3.05) is 0 Å². The van der Waals surface area contributed by atoms with Gasteiger partial charge in [0.25, 0.3) is 0 Å². The summed E-state index contributed by atoms with van der Waals surface area (Å²) in [7, 11) is -3.74. The molecular formula is C15H13ClFNO3S. The number of ketones is 1. The Morgan fingerprint density at radius 2 is 1.82 bits per heavy atom. The molecule has 2 aromatic carbocycles. The summed E-state index contributed by atoms with van der Waals surface area (Å²) in [5.74, 6) is -0.633. The van der Waals surface area contributed by atoms with Crippen LogP contribution < -0.4 is 4.72 Å². The minimum absolute atomic E-state index is 0.0377. The van der Waals surface area contributed by atoms with Crippen molar-refractivity contribution < 1.29 is 17.6 Å². The predicted octanol–water partition coefficient (Wildman–Crippen LogP) is 3.16. The van der Waals surface area contributed by atoms with Gasteiger partial charge in [-0.3, -0.25) is 4.79 Å². The molecule has 22 heavy (non-hydrogen) atoms. The zero-order chi connectivity index (χ0) is 16.3. The molecule has 0 saturated carbocycles. The molecule has 0 unspecified atom stereocenters. The van der Waals surface area contributed by atoms with E-state index in [4.69, 9.17) is 11.6 Å². The summed E-state index contributed by atoms with van der Waals surface area (Å²) in [6.07, 6.45) is 0. The van der Waals surface area contributed by atoms with Crippen molar-refractivity contribution >= 4 is 27.4 Å². The fourth-order valence-corrected chi connectivity index (χ4v) is 3.03. The van der Waals surface area contributed by atoms with Crippen LogP contribution in [0.25, 0.3) is 0 Å². The lowest BCUT2D eigenvalue weighted by molar-refractivity contribution is 0.101. The average molecular weight is 342 g/mol. The van der Waals surface area contributed by atoms with Gasteiger partial charge in [0, 0.05) is 17.1 Å².